The first-order valence-corrected chi connectivity index (χ1v) is 6.42. The van der Waals surface area contributed by atoms with Crippen molar-refractivity contribution in [2.24, 2.45) is 7.05 Å². The standard InChI is InChI=1S/C11H22N6/c1-10(9-17-6-4-3-5-7-17)12-8-11-13-15-16(2)14-11/h10,12H,3-9H2,1-2H3. The van der Waals surface area contributed by atoms with Gasteiger partial charge in [-0.25, -0.2) is 0 Å². The van der Waals surface area contributed by atoms with Crippen LogP contribution in [0.5, 0.6) is 0 Å². The van der Waals surface area contributed by atoms with Gasteiger partial charge in [0.1, 0.15) is 0 Å². The quantitative estimate of drug-likeness (QED) is 0.792. The molecular weight excluding hydrogens is 216 g/mol. The van der Waals surface area contributed by atoms with Crippen LogP contribution in [-0.2, 0) is 13.6 Å². The van der Waals surface area contributed by atoms with Crippen LogP contribution in [0, 0.1) is 0 Å². The number of nitrogens with zero attached hydrogens (tertiary/aromatic N) is 5. The number of hydrogen-bond donors (Lipinski definition) is 1. The highest BCUT2D eigenvalue weighted by Gasteiger charge is 2.13. The molecule has 1 unspecified atom stereocenters. The zero-order chi connectivity index (χ0) is 12.1. The zero-order valence-corrected chi connectivity index (χ0v) is 10.8. The molecule has 1 fully saturated rings. The summed E-state index contributed by atoms with van der Waals surface area (Å²) >= 11 is 0. The van der Waals surface area contributed by atoms with Crippen LogP contribution in [0.4, 0.5) is 0 Å². The Kier molecular flexibility index (Phi) is 4.44. The Hall–Kier alpha value is -1.01. The Bertz CT molecular complexity index is 330. The lowest BCUT2D eigenvalue weighted by molar-refractivity contribution is 0.208. The lowest BCUT2D eigenvalue weighted by Gasteiger charge is -2.29. The van der Waals surface area contributed by atoms with Gasteiger partial charge in [0.05, 0.1) is 13.6 Å². The number of aryl methyl sites for hydroxylation is 1. The Morgan fingerprint density at radius 2 is 2.06 bits per heavy atom. The van der Waals surface area contributed by atoms with E-state index in [2.05, 4.69) is 32.6 Å². The van der Waals surface area contributed by atoms with E-state index in [1.54, 1.807) is 7.05 Å². The van der Waals surface area contributed by atoms with Crippen LogP contribution in [0.25, 0.3) is 0 Å². The fourth-order valence-electron chi connectivity index (χ4n) is 2.25. The van der Waals surface area contributed by atoms with E-state index in [0.29, 0.717) is 12.6 Å². The molecule has 0 aromatic carbocycles. The Morgan fingerprint density at radius 3 is 2.71 bits per heavy atom. The van der Waals surface area contributed by atoms with Gasteiger partial charge in [0.2, 0.25) is 0 Å². The second-order valence-corrected chi connectivity index (χ2v) is 4.84. The van der Waals surface area contributed by atoms with Gasteiger partial charge in [-0.15, -0.1) is 10.2 Å². The molecule has 1 N–H and O–H groups in total. The molecule has 2 rings (SSSR count). The van der Waals surface area contributed by atoms with E-state index < -0.39 is 0 Å². The predicted molar refractivity (Wildman–Crippen MR) is 65.4 cm³/mol. The molecule has 6 nitrogen and oxygen atoms in total. The molecule has 17 heavy (non-hydrogen) atoms. The maximum atomic E-state index is 4.15. The zero-order valence-electron chi connectivity index (χ0n) is 10.8. The highest BCUT2D eigenvalue weighted by molar-refractivity contribution is 4.78. The molecule has 0 amide bonds. The summed E-state index contributed by atoms with van der Waals surface area (Å²) in [6, 6.07) is 0.469. The molecular formula is C11H22N6. The smallest absolute Gasteiger partial charge is 0.188 e. The van der Waals surface area contributed by atoms with Gasteiger partial charge in [-0.05, 0) is 38.1 Å². The summed E-state index contributed by atoms with van der Waals surface area (Å²) in [5.74, 6) is 0.762. The molecule has 0 aliphatic carbocycles. The van der Waals surface area contributed by atoms with Gasteiger partial charge in [-0.1, -0.05) is 6.42 Å². The van der Waals surface area contributed by atoms with Gasteiger partial charge in [0, 0.05) is 12.6 Å². The second-order valence-electron chi connectivity index (χ2n) is 4.84. The van der Waals surface area contributed by atoms with Gasteiger partial charge < -0.3 is 10.2 Å². The highest BCUT2D eigenvalue weighted by atomic mass is 15.6. The molecule has 0 spiro atoms. The van der Waals surface area contributed by atoms with Gasteiger partial charge in [0.25, 0.3) is 0 Å². The molecule has 1 atom stereocenters. The number of hydrogen-bond acceptors (Lipinski definition) is 5. The number of likely N-dealkylation sites (tertiary alicyclic amines) is 1. The van der Waals surface area contributed by atoms with Gasteiger partial charge in [-0.3, -0.25) is 0 Å². The lowest BCUT2D eigenvalue weighted by Crippen LogP contribution is -2.41. The van der Waals surface area contributed by atoms with Crippen molar-refractivity contribution in [3.05, 3.63) is 5.82 Å². The van der Waals surface area contributed by atoms with Crippen molar-refractivity contribution >= 4 is 0 Å². The fraction of sp³-hybridized carbons (Fsp3) is 0.909. The lowest BCUT2D eigenvalue weighted by atomic mass is 10.1. The molecule has 1 aromatic heterocycles. The van der Waals surface area contributed by atoms with Crippen LogP contribution in [0.15, 0.2) is 0 Å². The van der Waals surface area contributed by atoms with Crippen molar-refractivity contribution in [1.82, 2.24) is 30.4 Å². The van der Waals surface area contributed by atoms with Gasteiger partial charge >= 0.3 is 0 Å². The van der Waals surface area contributed by atoms with Crippen LogP contribution in [0.3, 0.4) is 0 Å². The summed E-state index contributed by atoms with van der Waals surface area (Å²) in [5.41, 5.74) is 0. The molecule has 2 heterocycles. The largest absolute Gasteiger partial charge is 0.306 e. The van der Waals surface area contributed by atoms with Crippen LogP contribution >= 0.6 is 0 Å². The third-order valence-corrected chi connectivity index (χ3v) is 3.14. The van der Waals surface area contributed by atoms with Crippen molar-refractivity contribution in [2.45, 2.75) is 38.8 Å². The maximum Gasteiger partial charge on any atom is 0.188 e. The highest BCUT2D eigenvalue weighted by Crippen LogP contribution is 2.08. The molecule has 1 saturated heterocycles. The summed E-state index contributed by atoms with van der Waals surface area (Å²) in [6.45, 7) is 6.51. The average Bonchev–Trinajstić information content (AvgIpc) is 2.74. The fourth-order valence-corrected chi connectivity index (χ4v) is 2.25. The summed E-state index contributed by atoms with van der Waals surface area (Å²) in [5, 5.41) is 15.4. The average molecular weight is 238 g/mol. The molecule has 0 saturated carbocycles. The third-order valence-electron chi connectivity index (χ3n) is 3.14. The van der Waals surface area contributed by atoms with Crippen molar-refractivity contribution < 1.29 is 0 Å². The molecule has 1 aliphatic rings. The summed E-state index contributed by atoms with van der Waals surface area (Å²) in [6.07, 6.45) is 4.08. The second kappa shape index (κ2) is 6.07. The van der Waals surface area contributed by atoms with E-state index in [0.717, 1.165) is 12.4 Å². The minimum absolute atomic E-state index is 0.469. The van der Waals surface area contributed by atoms with Crippen molar-refractivity contribution in [2.75, 3.05) is 19.6 Å². The first-order valence-electron chi connectivity index (χ1n) is 6.42. The van der Waals surface area contributed by atoms with Crippen molar-refractivity contribution in [3.63, 3.8) is 0 Å². The Labute approximate surface area is 102 Å². The molecule has 96 valence electrons. The molecule has 1 aliphatic heterocycles. The Morgan fingerprint density at radius 1 is 1.29 bits per heavy atom. The van der Waals surface area contributed by atoms with E-state index in [9.17, 15) is 0 Å². The van der Waals surface area contributed by atoms with Crippen LogP contribution < -0.4 is 5.32 Å². The first-order chi connectivity index (χ1) is 8.24. The number of aromatic nitrogens is 4. The van der Waals surface area contributed by atoms with Crippen LogP contribution in [-0.4, -0.2) is 50.8 Å². The number of piperidine rings is 1. The number of nitrogens with one attached hydrogen (secondary N) is 1. The molecule has 6 heteroatoms. The predicted octanol–water partition coefficient (Wildman–Crippen LogP) is 0.174. The van der Waals surface area contributed by atoms with Crippen molar-refractivity contribution in [3.8, 4) is 0 Å². The maximum absolute atomic E-state index is 4.15. The Balaban J connectivity index is 1.68. The van der Waals surface area contributed by atoms with Crippen molar-refractivity contribution in [1.29, 1.82) is 0 Å². The SMILES string of the molecule is CC(CN1CCCCC1)NCc1nnn(C)n1. The van der Waals surface area contributed by atoms with Gasteiger partial charge in [-0.2, -0.15) is 4.80 Å². The van der Waals surface area contributed by atoms with Crippen LogP contribution in [0.1, 0.15) is 32.0 Å². The summed E-state index contributed by atoms with van der Waals surface area (Å²) < 4.78 is 0. The summed E-state index contributed by atoms with van der Waals surface area (Å²) in [7, 11) is 1.79. The number of rotatable bonds is 5. The normalized spacial score (nSPS) is 19.4. The van der Waals surface area contributed by atoms with Crippen LogP contribution in [0.2, 0.25) is 0 Å². The van der Waals surface area contributed by atoms with E-state index in [1.807, 2.05) is 0 Å². The third kappa shape index (κ3) is 4.05. The van der Waals surface area contributed by atoms with E-state index in [4.69, 9.17) is 0 Å². The van der Waals surface area contributed by atoms with E-state index >= 15 is 0 Å². The van der Waals surface area contributed by atoms with E-state index in [-0.39, 0.29) is 0 Å². The summed E-state index contributed by atoms with van der Waals surface area (Å²) in [4.78, 5) is 4.03. The topological polar surface area (TPSA) is 58.9 Å². The van der Waals surface area contributed by atoms with E-state index in [1.165, 1.54) is 37.1 Å². The molecule has 0 radical (unpaired) electrons. The minimum atomic E-state index is 0.469. The molecule has 0 bridgehead atoms. The first kappa shape index (κ1) is 12.4. The monoisotopic (exact) mass is 238 g/mol. The minimum Gasteiger partial charge on any atom is -0.306 e. The van der Waals surface area contributed by atoms with Gasteiger partial charge in [0.15, 0.2) is 5.82 Å². The number of tetrazole rings is 1. The molecule has 1 aromatic rings.